The Balaban J connectivity index is 2.37. The van der Waals surface area contributed by atoms with Gasteiger partial charge in [0.2, 0.25) is 5.91 Å². The predicted molar refractivity (Wildman–Crippen MR) is 59.7 cm³/mol. The molecule has 1 amide bonds. The largest absolute Gasteiger partial charge is 0.393 e. The van der Waals surface area contributed by atoms with E-state index in [1.165, 1.54) is 0 Å². The van der Waals surface area contributed by atoms with Gasteiger partial charge in [-0.15, -0.1) is 0 Å². The first-order valence-electron chi connectivity index (χ1n) is 4.78. The van der Waals surface area contributed by atoms with Crippen molar-refractivity contribution in [2.75, 3.05) is 19.8 Å². The standard InChI is InChI=1S/C10H11BrN2O3/c11-8-3-7(1-2-12-8)10(5-14)6-16-4-9(15)13-10/h1-3,14H,4-6H2,(H,13,15). The van der Waals surface area contributed by atoms with Gasteiger partial charge in [0.1, 0.15) is 16.7 Å². The zero-order valence-corrected chi connectivity index (χ0v) is 10.0. The van der Waals surface area contributed by atoms with E-state index in [0.29, 0.717) is 4.60 Å². The minimum Gasteiger partial charge on any atom is -0.393 e. The molecule has 1 aliphatic heterocycles. The van der Waals surface area contributed by atoms with Gasteiger partial charge < -0.3 is 15.2 Å². The second-order valence-corrected chi connectivity index (χ2v) is 4.46. The van der Waals surface area contributed by atoms with Crippen LogP contribution in [0.1, 0.15) is 5.56 Å². The molecule has 6 heteroatoms. The van der Waals surface area contributed by atoms with E-state index in [2.05, 4.69) is 26.2 Å². The summed E-state index contributed by atoms with van der Waals surface area (Å²) in [5.74, 6) is -0.228. The molecule has 1 aromatic heterocycles. The highest BCUT2D eigenvalue weighted by Crippen LogP contribution is 2.25. The lowest BCUT2D eigenvalue weighted by Gasteiger charge is -2.36. The van der Waals surface area contributed by atoms with Crippen molar-refractivity contribution < 1.29 is 14.6 Å². The number of carbonyl (C=O) groups is 1. The van der Waals surface area contributed by atoms with Gasteiger partial charge in [-0.3, -0.25) is 4.79 Å². The number of aromatic nitrogens is 1. The summed E-state index contributed by atoms with van der Waals surface area (Å²) in [6.07, 6.45) is 1.61. The topological polar surface area (TPSA) is 71.5 Å². The quantitative estimate of drug-likeness (QED) is 0.761. The molecule has 2 N–H and O–H groups in total. The number of nitrogens with one attached hydrogen (secondary N) is 1. The van der Waals surface area contributed by atoms with Crippen LogP contribution in [0.4, 0.5) is 0 Å². The Bertz CT molecular complexity index is 413. The van der Waals surface area contributed by atoms with Crippen LogP contribution in [-0.4, -0.2) is 35.8 Å². The van der Waals surface area contributed by atoms with Crippen LogP contribution in [0.5, 0.6) is 0 Å². The van der Waals surface area contributed by atoms with Crippen molar-refractivity contribution in [2.24, 2.45) is 0 Å². The van der Waals surface area contributed by atoms with Crippen molar-refractivity contribution in [3.8, 4) is 0 Å². The number of halogens is 1. The Labute approximate surface area is 101 Å². The van der Waals surface area contributed by atoms with Crippen LogP contribution in [0.2, 0.25) is 0 Å². The highest BCUT2D eigenvalue weighted by Gasteiger charge is 2.37. The minimum absolute atomic E-state index is 0.0357. The Morgan fingerprint density at radius 2 is 2.50 bits per heavy atom. The van der Waals surface area contributed by atoms with Gasteiger partial charge in [0.25, 0.3) is 0 Å². The van der Waals surface area contributed by atoms with Crippen molar-refractivity contribution in [3.63, 3.8) is 0 Å². The molecule has 86 valence electrons. The third kappa shape index (κ3) is 2.09. The molecule has 1 saturated heterocycles. The van der Waals surface area contributed by atoms with Gasteiger partial charge in [-0.1, -0.05) is 0 Å². The maximum absolute atomic E-state index is 11.3. The number of aliphatic hydroxyl groups is 1. The summed E-state index contributed by atoms with van der Waals surface area (Å²) in [6.45, 7) is 0.0783. The fourth-order valence-corrected chi connectivity index (χ4v) is 2.05. The molecule has 0 aliphatic carbocycles. The van der Waals surface area contributed by atoms with Crippen molar-refractivity contribution >= 4 is 21.8 Å². The lowest BCUT2D eigenvalue weighted by molar-refractivity contribution is -0.137. The molecule has 2 heterocycles. The number of nitrogens with zero attached hydrogens (tertiary/aromatic N) is 1. The molecule has 1 unspecified atom stereocenters. The summed E-state index contributed by atoms with van der Waals surface area (Å²) in [5, 5.41) is 12.2. The number of amides is 1. The van der Waals surface area contributed by atoms with E-state index < -0.39 is 5.54 Å². The van der Waals surface area contributed by atoms with Crippen molar-refractivity contribution in [1.82, 2.24) is 10.3 Å². The zero-order valence-electron chi connectivity index (χ0n) is 8.44. The van der Waals surface area contributed by atoms with E-state index in [4.69, 9.17) is 4.74 Å². The van der Waals surface area contributed by atoms with E-state index in [1.54, 1.807) is 18.3 Å². The number of hydrogen-bond donors (Lipinski definition) is 2. The molecular formula is C10H11BrN2O3. The SMILES string of the molecule is O=C1COCC(CO)(c2ccnc(Br)c2)N1. The number of ether oxygens (including phenoxy) is 1. The number of carbonyl (C=O) groups excluding carboxylic acids is 1. The first-order chi connectivity index (χ1) is 7.66. The Morgan fingerprint density at radius 3 is 3.12 bits per heavy atom. The molecule has 1 atom stereocenters. The molecule has 16 heavy (non-hydrogen) atoms. The summed E-state index contributed by atoms with van der Waals surface area (Å²) < 4.78 is 5.83. The van der Waals surface area contributed by atoms with Crippen molar-refractivity contribution in [3.05, 3.63) is 28.5 Å². The fourth-order valence-electron chi connectivity index (χ4n) is 1.69. The molecule has 0 bridgehead atoms. The number of rotatable bonds is 2. The second-order valence-electron chi connectivity index (χ2n) is 3.65. The molecule has 0 spiro atoms. The minimum atomic E-state index is -0.860. The highest BCUT2D eigenvalue weighted by atomic mass is 79.9. The molecule has 2 rings (SSSR count). The van der Waals surface area contributed by atoms with Crippen LogP contribution >= 0.6 is 15.9 Å². The number of morpholine rings is 1. The van der Waals surface area contributed by atoms with Crippen LogP contribution in [0.3, 0.4) is 0 Å². The molecular weight excluding hydrogens is 276 g/mol. The maximum Gasteiger partial charge on any atom is 0.246 e. The molecule has 0 radical (unpaired) electrons. The fraction of sp³-hybridized carbons (Fsp3) is 0.400. The Hall–Kier alpha value is -0.980. The predicted octanol–water partition coefficient (Wildman–Crippen LogP) is 0.178. The zero-order chi connectivity index (χ0) is 11.6. The summed E-state index contributed by atoms with van der Waals surface area (Å²) in [7, 11) is 0. The molecule has 5 nitrogen and oxygen atoms in total. The average molecular weight is 287 g/mol. The third-order valence-electron chi connectivity index (χ3n) is 2.51. The van der Waals surface area contributed by atoms with E-state index in [9.17, 15) is 9.90 Å². The molecule has 0 saturated carbocycles. The number of pyridine rings is 1. The van der Waals surface area contributed by atoms with E-state index in [1.807, 2.05) is 0 Å². The van der Waals surface area contributed by atoms with Crippen molar-refractivity contribution in [2.45, 2.75) is 5.54 Å². The van der Waals surface area contributed by atoms with E-state index in [-0.39, 0.29) is 25.7 Å². The maximum atomic E-state index is 11.3. The summed E-state index contributed by atoms with van der Waals surface area (Å²) in [5.41, 5.74) is -0.0919. The molecule has 1 fully saturated rings. The normalized spacial score (nSPS) is 25.2. The lowest BCUT2D eigenvalue weighted by atomic mass is 9.91. The molecule has 1 aromatic rings. The van der Waals surface area contributed by atoms with Gasteiger partial charge in [-0.2, -0.15) is 0 Å². The van der Waals surface area contributed by atoms with Gasteiger partial charge in [0.15, 0.2) is 0 Å². The lowest BCUT2D eigenvalue weighted by Crippen LogP contribution is -2.57. The van der Waals surface area contributed by atoms with Gasteiger partial charge in [0, 0.05) is 6.20 Å². The summed E-state index contributed by atoms with van der Waals surface area (Å²) >= 11 is 3.25. The Morgan fingerprint density at radius 1 is 1.69 bits per heavy atom. The van der Waals surface area contributed by atoms with Crippen LogP contribution in [0, 0.1) is 0 Å². The monoisotopic (exact) mass is 286 g/mol. The van der Waals surface area contributed by atoms with Crippen LogP contribution in [-0.2, 0) is 15.1 Å². The number of aliphatic hydroxyl groups excluding tert-OH is 1. The Kier molecular flexibility index (Phi) is 3.22. The van der Waals surface area contributed by atoms with Gasteiger partial charge in [0.05, 0.1) is 13.2 Å². The van der Waals surface area contributed by atoms with E-state index >= 15 is 0 Å². The smallest absolute Gasteiger partial charge is 0.246 e. The van der Waals surface area contributed by atoms with Crippen molar-refractivity contribution in [1.29, 1.82) is 0 Å². The second kappa shape index (κ2) is 4.48. The van der Waals surface area contributed by atoms with Crippen LogP contribution in [0.15, 0.2) is 22.9 Å². The van der Waals surface area contributed by atoms with Gasteiger partial charge >= 0.3 is 0 Å². The molecule has 0 aromatic carbocycles. The third-order valence-corrected chi connectivity index (χ3v) is 2.94. The summed E-state index contributed by atoms with van der Waals surface area (Å²) in [4.78, 5) is 15.3. The highest BCUT2D eigenvalue weighted by molar-refractivity contribution is 9.10. The van der Waals surface area contributed by atoms with E-state index in [0.717, 1.165) is 5.56 Å². The van der Waals surface area contributed by atoms with Gasteiger partial charge in [-0.05, 0) is 33.6 Å². The number of hydrogen-bond acceptors (Lipinski definition) is 4. The van der Waals surface area contributed by atoms with Crippen LogP contribution in [0.25, 0.3) is 0 Å². The van der Waals surface area contributed by atoms with Crippen LogP contribution < -0.4 is 5.32 Å². The first kappa shape index (κ1) is 11.5. The molecule has 1 aliphatic rings. The average Bonchev–Trinajstić information content (AvgIpc) is 2.29. The van der Waals surface area contributed by atoms with Gasteiger partial charge in [-0.25, -0.2) is 4.98 Å². The first-order valence-corrected chi connectivity index (χ1v) is 5.57. The summed E-state index contributed by atoms with van der Waals surface area (Å²) in [6, 6.07) is 3.50.